The molecule has 0 aromatic heterocycles. The van der Waals surface area contributed by atoms with E-state index >= 15 is 0 Å². The lowest BCUT2D eigenvalue weighted by Crippen LogP contribution is -2.36. The summed E-state index contributed by atoms with van der Waals surface area (Å²) < 4.78 is 79.8. The first-order chi connectivity index (χ1) is 12.7. The fourth-order valence-electron chi connectivity index (χ4n) is 2.82. The summed E-state index contributed by atoms with van der Waals surface area (Å²) in [6.45, 7) is -0.391. The molecule has 1 heterocycles. The minimum absolute atomic E-state index is 0.104. The number of hydroxylamine groups is 1. The van der Waals surface area contributed by atoms with Crippen molar-refractivity contribution < 1.29 is 36.0 Å². The van der Waals surface area contributed by atoms with E-state index in [2.05, 4.69) is 0 Å². The number of nitrogens with one attached hydrogen (secondary N) is 1. The minimum Gasteiger partial charge on any atom is -0.288 e. The zero-order valence-electron chi connectivity index (χ0n) is 13.5. The van der Waals surface area contributed by atoms with Gasteiger partial charge in [-0.05, 0) is 29.7 Å². The fourth-order valence-corrected chi connectivity index (χ4v) is 4.30. The van der Waals surface area contributed by atoms with Crippen LogP contribution in [0.1, 0.15) is 21.5 Å². The van der Waals surface area contributed by atoms with E-state index in [0.717, 1.165) is 4.31 Å². The number of amides is 1. The van der Waals surface area contributed by atoms with Gasteiger partial charge in [-0.1, -0.05) is 6.07 Å². The Balaban J connectivity index is 1.96. The molecular weight excluding hydrogens is 392 g/mol. The van der Waals surface area contributed by atoms with Crippen molar-refractivity contribution in [2.24, 2.45) is 0 Å². The van der Waals surface area contributed by atoms with Gasteiger partial charge in [-0.3, -0.25) is 10.0 Å². The van der Waals surface area contributed by atoms with Crippen LogP contribution in [0.15, 0.2) is 29.2 Å². The second-order valence-corrected chi connectivity index (χ2v) is 7.72. The highest BCUT2D eigenvalue weighted by Crippen LogP contribution is 2.29. The molecule has 0 radical (unpaired) electrons. The van der Waals surface area contributed by atoms with Gasteiger partial charge >= 0.3 is 0 Å². The molecule has 144 valence electrons. The zero-order chi connectivity index (χ0) is 19.9. The highest BCUT2D eigenvalue weighted by molar-refractivity contribution is 7.89. The van der Waals surface area contributed by atoms with Crippen molar-refractivity contribution in [3.63, 3.8) is 0 Å². The van der Waals surface area contributed by atoms with Gasteiger partial charge in [0.1, 0.15) is 4.90 Å². The first kappa shape index (κ1) is 19.3. The summed E-state index contributed by atoms with van der Waals surface area (Å²) >= 11 is 0. The van der Waals surface area contributed by atoms with Crippen LogP contribution in [0.4, 0.5) is 17.6 Å². The van der Waals surface area contributed by atoms with E-state index in [9.17, 15) is 30.8 Å². The molecule has 0 saturated carbocycles. The molecule has 0 fully saturated rings. The van der Waals surface area contributed by atoms with Gasteiger partial charge in [-0.25, -0.2) is 31.5 Å². The Morgan fingerprint density at radius 2 is 1.74 bits per heavy atom. The smallest absolute Gasteiger partial charge is 0.274 e. The van der Waals surface area contributed by atoms with Crippen LogP contribution in [-0.4, -0.2) is 30.4 Å². The maximum Gasteiger partial charge on any atom is 0.274 e. The molecule has 0 bridgehead atoms. The van der Waals surface area contributed by atoms with E-state index in [-0.39, 0.29) is 31.1 Å². The van der Waals surface area contributed by atoms with Crippen molar-refractivity contribution in [3.8, 4) is 0 Å². The lowest BCUT2D eigenvalue weighted by molar-refractivity contribution is 0.0706. The Bertz CT molecular complexity index is 1040. The molecule has 0 unspecified atom stereocenters. The van der Waals surface area contributed by atoms with Gasteiger partial charge < -0.3 is 0 Å². The lowest BCUT2D eigenvalue weighted by Gasteiger charge is -2.28. The number of rotatable bonds is 3. The van der Waals surface area contributed by atoms with Crippen LogP contribution >= 0.6 is 0 Å². The van der Waals surface area contributed by atoms with Crippen LogP contribution < -0.4 is 5.48 Å². The van der Waals surface area contributed by atoms with E-state index in [1.165, 1.54) is 23.7 Å². The molecule has 0 saturated heterocycles. The van der Waals surface area contributed by atoms with Crippen molar-refractivity contribution >= 4 is 15.9 Å². The normalized spacial score (nSPS) is 14.7. The van der Waals surface area contributed by atoms with Gasteiger partial charge in [0.05, 0.1) is 0 Å². The molecule has 0 atom stereocenters. The van der Waals surface area contributed by atoms with Gasteiger partial charge in [-0.15, -0.1) is 0 Å². The van der Waals surface area contributed by atoms with Crippen LogP contribution in [0.2, 0.25) is 0 Å². The lowest BCUT2D eigenvalue weighted by atomic mass is 9.98. The van der Waals surface area contributed by atoms with E-state index in [4.69, 9.17) is 5.21 Å². The molecule has 27 heavy (non-hydrogen) atoms. The number of fused-ring (bicyclic) bond motifs is 1. The Hall–Kier alpha value is -2.50. The maximum absolute atomic E-state index is 13.9. The third kappa shape index (κ3) is 3.29. The quantitative estimate of drug-likeness (QED) is 0.270. The molecule has 2 aromatic carbocycles. The van der Waals surface area contributed by atoms with Crippen molar-refractivity contribution in [1.29, 1.82) is 0 Å². The molecular formula is C16H12F4N2O4S. The number of hydrogen-bond acceptors (Lipinski definition) is 4. The number of halogens is 4. The first-order valence-corrected chi connectivity index (χ1v) is 9.00. The first-order valence-electron chi connectivity index (χ1n) is 7.56. The minimum atomic E-state index is -4.64. The highest BCUT2D eigenvalue weighted by Gasteiger charge is 2.34. The summed E-state index contributed by atoms with van der Waals surface area (Å²) in [4.78, 5) is 10.1. The predicted octanol–water partition coefficient (Wildman–Crippen LogP) is 2.11. The maximum atomic E-state index is 13.9. The van der Waals surface area contributed by atoms with Gasteiger partial charge in [0.25, 0.3) is 5.91 Å². The SMILES string of the molecule is O=C(NO)c1ccc2c(c1)CCN(S(=O)(=O)c1cc(F)c(F)c(F)c1F)C2. The van der Waals surface area contributed by atoms with Crippen LogP contribution in [-0.2, 0) is 23.0 Å². The fraction of sp³-hybridized carbons (Fsp3) is 0.188. The topological polar surface area (TPSA) is 86.7 Å². The summed E-state index contributed by atoms with van der Waals surface area (Å²) in [5.41, 5.74) is 2.74. The number of hydrogen-bond donors (Lipinski definition) is 2. The van der Waals surface area contributed by atoms with Crippen LogP contribution in [0.3, 0.4) is 0 Å². The summed E-state index contributed by atoms with van der Waals surface area (Å²) in [6.07, 6.45) is 0.134. The molecule has 6 nitrogen and oxygen atoms in total. The Morgan fingerprint density at radius 1 is 1.04 bits per heavy atom. The summed E-state index contributed by atoms with van der Waals surface area (Å²) in [5, 5.41) is 8.65. The highest BCUT2D eigenvalue weighted by atomic mass is 32.2. The van der Waals surface area contributed by atoms with Gasteiger partial charge in [-0.2, -0.15) is 4.31 Å². The van der Waals surface area contributed by atoms with E-state index in [1.54, 1.807) is 0 Å². The van der Waals surface area contributed by atoms with Crippen molar-refractivity contribution in [3.05, 3.63) is 64.2 Å². The molecule has 3 rings (SSSR count). The zero-order valence-corrected chi connectivity index (χ0v) is 14.3. The average molecular weight is 404 g/mol. The van der Waals surface area contributed by atoms with Crippen LogP contribution in [0, 0.1) is 23.3 Å². The molecule has 0 spiro atoms. The molecule has 1 amide bonds. The van der Waals surface area contributed by atoms with Crippen molar-refractivity contribution in [2.75, 3.05) is 6.54 Å². The van der Waals surface area contributed by atoms with Crippen molar-refractivity contribution in [1.82, 2.24) is 9.79 Å². The summed E-state index contributed by atoms with van der Waals surface area (Å²) in [5.74, 6) is -8.85. The van der Waals surface area contributed by atoms with Gasteiger partial charge in [0.2, 0.25) is 10.0 Å². The van der Waals surface area contributed by atoms with Crippen LogP contribution in [0.25, 0.3) is 0 Å². The van der Waals surface area contributed by atoms with Gasteiger partial charge in [0.15, 0.2) is 23.3 Å². The summed E-state index contributed by atoms with van der Waals surface area (Å²) in [7, 11) is -4.64. The number of carbonyl (C=O) groups excluding carboxylic acids is 1. The largest absolute Gasteiger partial charge is 0.288 e. The molecule has 1 aliphatic heterocycles. The molecule has 0 aliphatic carbocycles. The number of benzene rings is 2. The van der Waals surface area contributed by atoms with Gasteiger partial charge in [0, 0.05) is 24.7 Å². The second kappa shape index (κ2) is 6.91. The third-order valence-electron chi connectivity index (χ3n) is 4.23. The predicted molar refractivity (Wildman–Crippen MR) is 83.3 cm³/mol. The van der Waals surface area contributed by atoms with E-state index in [1.807, 2.05) is 0 Å². The van der Waals surface area contributed by atoms with E-state index < -0.39 is 44.1 Å². The standard InChI is InChI=1S/C16H12F4N2O4S/c17-11-6-12(14(19)15(20)13(11)18)27(25,26)22-4-3-8-5-9(16(23)21-24)1-2-10(8)7-22/h1-2,5-6,24H,3-4,7H2,(H,21,23). The molecule has 1 aliphatic rings. The molecule has 2 aromatic rings. The Kier molecular flexibility index (Phi) is 4.93. The molecule has 2 N–H and O–H groups in total. The van der Waals surface area contributed by atoms with E-state index in [0.29, 0.717) is 11.1 Å². The third-order valence-corrected chi connectivity index (χ3v) is 6.08. The number of nitrogens with zero attached hydrogens (tertiary/aromatic N) is 1. The summed E-state index contributed by atoms with van der Waals surface area (Å²) in [6, 6.07) is 4.36. The van der Waals surface area contributed by atoms with Crippen LogP contribution in [0.5, 0.6) is 0 Å². The Labute approximate surface area is 151 Å². The monoisotopic (exact) mass is 404 g/mol. The second-order valence-electron chi connectivity index (χ2n) is 5.81. The average Bonchev–Trinajstić information content (AvgIpc) is 2.67. The number of sulfonamides is 1. The Morgan fingerprint density at radius 3 is 2.41 bits per heavy atom. The number of carbonyl (C=O) groups is 1. The molecule has 11 heteroatoms. The van der Waals surface area contributed by atoms with Crippen molar-refractivity contribution in [2.45, 2.75) is 17.9 Å².